The zero-order valence-corrected chi connectivity index (χ0v) is 9.86. The molecule has 1 fully saturated rings. The molecule has 1 aromatic carbocycles. The SMILES string of the molecule is CCOc1ccc(C2(C)OCCCO2)cc1. The van der Waals surface area contributed by atoms with E-state index >= 15 is 0 Å². The van der Waals surface area contributed by atoms with E-state index in [4.69, 9.17) is 14.2 Å². The van der Waals surface area contributed by atoms with Gasteiger partial charge in [-0.3, -0.25) is 0 Å². The van der Waals surface area contributed by atoms with Gasteiger partial charge in [0.1, 0.15) is 5.75 Å². The van der Waals surface area contributed by atoms with Crippen molar-refractivity contribution in [1.82, 2.24) is 0 Å². The molecule has 0 spiro atoms. The molecule has 16 heavy (non-hydrogen) atoms. The molecule has 0 radical (unpaired) electrons. The van der Waals surface area contributed by atoms with E-state index in [1.807, 2.05) is 38.1 Å². The molecule has 0 unspecified atom stereocenters. The van der Waals surface area contributed by atoms with E-state index in [0.717, 1.165) is 30.9 Å². The minimum atomic E-state index is -0.594. The lowest BCUT2D eigenvalue weighted by Crippen LogP contribution is -2.34. The average molecular weight is 222 g/mol. The minimum absolute atomic E-state index is 0.594. The highest BCUT2D eigenvalue weighted by atomic mass is 16.7. The van der Waals surface area contributed by atoms with Crippen molar-refractivity contribution in [2.24, 2.45) is 0 Å². The molecule has 1 saturated heterocycles. The van der Waals surface area contributed by atoms with Crippen molar-refractivity contribution in [3.05, 3.63) is 29.8 Å². The van der Waals surface area contributed by atoms with Gasteiger partial charge < -0.3 is 14.2 Å². The first kappa shape index (κ1) is 11.4. The highest BCUT2D eigenvalue weighted by Crippen LogP contribution is 2.31. The van der Waals surface area contributed by atoms with E-state index in [1.165, 1.54) is 0 Å². The molecule has 0 aromatic heterocycles. The van der Waals surface area contributed by atoms with Crippen LogP contribution in [0.2, 0.25) is 0 Å². The number of ether oxygens (including phenoxy) is 3. The predicted octanol–water partition coefficient (Wildman–Crippen LogP) is 2.69. The van der Waals surface area contributed by atoms with Gasteiger partial charge in [-0.15, -0.1) is 0 Å². The topological polar surface area (TPSA) is 27.7 Å². The van der Waals surface area contributed by atoms with Crippen molar-refractivity contribution in [2.75, 3.05) is 19.8 Å². The largest absolute Gasteiger partial charge is 0.494 e. The Bertz CT molecular complexity index is 326. The van der Waals surface area contributed by atoms with Gasteiger partial charge in [0, 0.05) is 5.56 Å². The van der Waals surface area contributed by atoms with Crippen LogP contribution in [0.15, 0.2) is 24.3 Å². The Morgan fingerprint density at radius 3 is 2.38 bits per heavy atom. The van der Waals surface area contributed by atoms with Crippen molar-refractivity contribution < 1.29 is 14.2 Å². The molecular weight excluding hydrogens is 204 g/mol. The van der Waals surface area contributed by atoms with Crippen LogP contribution in [-0.4, -0.2) is 19.8 Å². The second kappa shape index (κ2) is 4.85. The van der Waals surface area contributed by atoms with Gasteiger partial charge >= 0.3 is 0 Å². The molecule has 3 heteroatoms. The average Bonchev–Trinajstić information content (AvgIpc) is 2.31. The third-order valence-electron chi connectivity index (χ3n) is 2.73. The highest BCUT2D eigenvalue weighted by molar-refractivity contribution is 5.29. The quantitative estimate of drug-likeness (QED) is 0.787. The molecule has 1 aliphatic rings. The van der Waals surface area contributed by atoms with Crippen LogP contribution in [0.4, 0.5) is 0 Å². The second-order valence-corrected chi connectivity index (χ2v) is 3.95. The smallest absolute Gasteiger partial charge is 0.191 e. The van der Waals surface area contributed by atoms with E-state index in [0.29, 0.717) is 6.61 Å². The van der Waals surface area contributed by atoms with E-state index in [1.54, 1.807) is 0 Å². The highest BCUT2D eigenvalue weighted by Gasteiger charge is 2.30. The van der Waals surface area contributed by atoms with Crippen LogP contribution in [0.25, 0.3) is 0 Å². The van der Waals surface area contributed by atoms with Gasteiger partial charge in [0.2, 0.25) is 0 Å². The lowest BCUT2D eigenvalue weighted by atomic mass is 10.1. The van der Waals surface area contributed by atoms with Gasteiger partial charge in [-0.1, -0.05) is 0 Å². The van der Waals surface area contributed by atoms with Crippen LogP contribution < -0.4 is 4.74 Å². The van der Waals surface area contributed by atoms with Crippen LogP contribution in [-0.2, 0) is 15.3 Å². The van der Waals surface area contributed by atoms with Crippen molar-refractivity contribution in [1.29, 1.82) is 0 Å². The van der Waals surface area contributed by atoms with E-state index in [-0.39, 0.29) is 0 Å². The zero-order chi connectivity index (χ0) is 11.4. The van der Waals surface area contributed by atoms with Crippen LogP contribution >= 0.6 is 0 Å². The number of hydrogen-bond donors (Lipinski definition) is 0. The van der Waals surface area contributed by atoms with Gasteiger partial charge in [-0.2, -0.15) is 0 Å². The maximum Gasteiger partial charge on any atom is 0.191 e. The molecule has 0 atom stereocenters. The Labute approximate surface area is 96.3 Å². The first-order chi connectivity index (χ1) is 7.74. The monoisotopic (exact) mass is 222 g/mol. The first-order valence-electron chi connectivity index (χ1n) is 5.76. The third kappa shape index (κ3) is 2.36. The summed E-state index contributed by atoms with van der Waals surface area (Å²) < 4.78 is 16.8. The predicted molar refractivity (Wildman–Crippen MR) is 61.5 cm³/mol. The van der Waals surface area contributed by atoms with E-state index in [9.17, 15) is 0 Å². The summed E-state index contributed by atoms with van der Waals surface area (Å²) in [5.74, 6) is 0.286. The van der Waals surface area contributed by atoms with Crippen LogP contribution in [0.3, 0.4) is 0 Å². The second-order valence-electron chi connectivity index (χ2n) is 3.95. The molecule has 0 aliphatic carbocycles. The van der Waals surface area contributed by atoms with E-state index < -0.39 is 5.79 Å². The van der Waals surface area contributed by atoms with Crippen molar-refractivity contribution in [3.8, 4) is 5.75 Å². The van der Waals surface area contributed by atoms with Crippen LogP contribution in [0.5, 0.6) is 5.75 Å². The fourth-order valence-electron chi connectivity index (χ4n) is 1.82. The summed E-state index contributed by atoms with van der Waals surface area (Å²) in [6, 6.07) is 7.89. The zero-order valence-electron chi connectivity index (χ0n) is 9.86. The molecule has 1 aromatic rings. The van der Waals surface area contributed by atoms with Gasteiger partial charge in [-0.25, -0.2) is 0 Å². The fourth-order valence-corrected chi connectivity index (χ4v) is 1.82. The summed E-state index contributed by atoms with van der Waals surface area (Å²) in [6.45, 7) is 6.13. The summed E-state index contributed by atoms with van der Waals surface area (Å²) in [5.41, 5.74) is 1.04. The van der Waals surface area contributed by atoms with Gasteiger partial charge in [-0.05, 0) is 44.5 Å². The molecule has 1 aliphatic heterocycles. The Balaban J connectivity index is 2.13. The van der Waals surface area contributed by atoms with Gasteiger partial charge in [0.25, 0.3) is 0 Å². The minimum Gasteiger partial charge on any atom is -0.494 e. The van der Waals surface area contributed by atoms with Crippen molar-refractivity contribution >= 4 is 0 Å². The Hall–Kier alpha value is -1.06. The van der Waals surface area contributed by atoms with Crippen molar-refractivity contribution in [3.63, 3.8) is 0 Å². The van der Waals surface area contributed by atoms with Crippen LogP contribution in [0, 0.1) is 0 Å². The third-order valence-corrected chi connectivity index (χ3v) is 2.73. The maximum absolute atomic E-state index is 5.69. The molecular formula is C13H18O3. The Morgan fingerprint density at radius 1 is 1.19 bits per heavy atom. The summed E-state index contributed by atoms with van der Waals surface area (Å²) in [4.78, 5) is 0. The Kier molecular flexibility index (Phi) is 3.46. The summed E-state index contributed by atoms with van der Waals surface area (Å²) in [5, 5.41) is 0. The molecule has 2 rings (SSSR count). The summed E-state index contributed by atoms with van der Waals surface area (Å²) >= 11 is 0. The maximum atomic E-state index is 5.69. The molecule has 0 bridgehead atoms. The number of benzene rings is 1. The summed E-state index contributed by atoms with van der Waals surface area (Å²) in [6.07, 6.45) is 0.965. The molecule has 0 amide bonds. The molecule has 3 nitrogen and oxygen atoms in total. The Morgan fingerprint density at radius 2 is 1.81 bits per heavy atom. The lowest BCUT2D eigenvalue weighted by Gasteiger charge is -2.34. The van der Waals surface area contributed by atoms with Crippen LogP contribution in [0.1, 0.15) is 25.8 Å². The number of rotatable bonds is 3. The molecule has 1 heterocycles. The van der Waals surface area contributed by atoms with Crippen molar-refractivity contribution in [2.45, 2.75) is 26.1 Å². The molecule has 0 saturated carbocycles. The van der Waals surface area contributed by atoms with E-state index in [2.05, 4.69) is 0 Å². The number of hydrogen-bond acceptors (Lipinski definition) is 3. The normalized spacial score (nSPS) is 19.4. The van der Waals surface area contributed by atoms with Gasteiger partial charge in [0.15, 0.2) is 5.79 Å². The molecule has 0 N–H and O–H groups in total. The standard InChI is InChI=1S/C13H18O3/c1-3-14-12-7-5-11(6-8-12)13(2)15-9-4-10-16-13/h5-8H,3-4,9-10H2,1-2H3. The fraction of sp³-hybridized carbons (Fsp3) is 0.538. The summed E-state index contributed by atoms with van der Waals surface area (Å²) in [7, 11) is 0. The lowest BCUT2D eigenvalue weighted by molar-refractivity contribution is -0.264. The molecule has 88 valence electrons. The van der Waals surface area contributed by atoms with Gasteiger partial charge in [0.05, 0.1) is 19.8 Å². The first-order valence-corrected chi connectivity index (χ1v) is 5.76.